The van der Waals surface area contributed by atoms with E-state index in [0.29, 0.717) is 32.5 Å². The largest absolute Gasteiger partial charge is 0.463 e. The summed E-state index contributed by atoms with van der Waals surface area (Å²) in [6.45, 7) is 3.29. The molecule has 0 unspecified atom stereocenters. The molecule has 0 radical (unpaired) electrons. The van der Waals surface area contributed by atoms with Gasteiger partial charge in [-0.2, -0.15) is 0 Å². The van der Waals surface area contributed by atoms with E-state index in [1.807, 2.05) is 48.2 Å². The van der Waals surface area contributed by atoms with Crippen molar-refractivity contribution in [2.24, 2.45) is 0 Å². The highest BCUT2D eigenvalue weighted by atomic mass is 19.1. The summed E-state index contributed by atoms with van der Waals surface area (Å²) >= 11 is 0. The van der Waals surface area contributed by atoms with Gasteiger partial charge in [0.1, 0.15) is 18.5 Å². The van der Waals surface area contributed by atoms with Gasteiger partial charge in [0.15, 0.2) is 0 Å². The molecule has 0 aliphatic carbocycles. The van der Waals surface area contributed by atoms with Crippen molar-refractivity contribution in [1.29, 1.82) is 0 Å². The molecule has 0 heterocycles. The fourth-order valence-corrected chi connectivity index (χ4v) is 2.74. The van der Waals surface area contributed by atoms with E-state index in [1.165, 1.54) is 12.1 Å². The molecule has 140 valence electrons. The van der Waals surface area contributed by atoms with Crippen molar-refractivity contribution >= 4 is 5.97 Å². The second-order valence-corrected chi connectivity index (χ2v) is 6.37. The summed E-state index contributed by atoms with van der Waals surface area (Å²) in [4.78, 5) is 13.5. The molecule has 26 heavy (non-hydrogen) atoms. The number of hydrogen-bond acceptors (Lipinski definition) is 4. The van der Waals surface area contributed by atoms with E-state index in [4.69, 9.17) is 4.74 Å². The van der Waals surface area contributed by atoms with Crippen molar-refractivity contribution in [3.63, 3.8) is 0 Å². The summed E-state index contributed by atoms with van der Waals surface area (Å²) in [7, 11) is 0. The summed E-state index contributed by atoms with van der Waals surface area (Å²) in [5.74, 6) is -0.581. The van der Waals surface area contributed by atoms with Crippen LogP contribution in [-0.2, 0) is 22.6 Å². The van der Waals surface area contributed by atoms with Crippen molar-refractivity contribution < 1.29 is 19.0 Å². The summed E-state index contributed by atoms with van der Waals surface area (Å²) in [6, 6.07) is 16.3. The lowest BCUT2D eigenvalue weighted by atomic mass is 10.1. The molecular formula is C21H26FNO3. The molecule has 0 amide bonds. The van der Waals surface area contributed by atoms with Crippen LogP contribution in [0.25, 0.3) is 0 Å². The molecule has 0 spiro atoms. The average molecular weight is 359 g/mol. The Balaban J connectivity index is 1.98. The molecule has 1 atom stereocenters. The maximum Gasteiger partial charge on any atom is 0.305 e. The number of esters is 1. The van der Waals surface area contributed by atoms with E-state index in [-0.39, 0.29) is 18.4 Å². The van der Waals surface area contributed by atoms with Gasteiger partial charge in [-0.1, -0.05) is 49.4 Å². The van der Waals surface area contributed by atoms with Crippen LogP contribution < -0.4 is 0 Å². The van der Waals surface area contributed by atoms with Crippen LogP contribution >= 0.6 is 0 Å². The number of benzene rings is 2. The highest BCUT2D eigenvalue weighted by Gasteiger charge is 2.15. The van der Waals surface area contributed by atoms with Crippen molar-refractivity contribution in [1.82, 2.24) is 4.90 Å². The maximum atomic E-state index is 13.5. The summed E-state index contributed by atoms with van der Waals surface area (Å²) in [5.41, 5.74) is 1.93. The minimum atomic E-state index is -0.798. The molecule has 0 aliphatic heterocycles. The Hall–Kier alpha value is -2.24. The highest BCUT2D eigenvalue weighted by molar-refractivity contribution is 5.69. The molecule has 2 aromatic carbocycles. The molecule has 2 aromatic rings. The zero-order chi connectivity index (χ0) is 18.8. The van der Waals surface area contributed by atoms with Crippen LogP contribution in [0.15, 0.2) is 54.6 Å². The van der Waals surface area contributed by atoms with Crippen LogP contribution in [0.3, 0.4) is 0 Å². The van der Waals surface area contributed by atoms with E-state index < -0.39 is 6.10 Å². The van der Waals surface area contributed by atoms with Gasteiger partial charge in [-0.25, -0.2) is 4.39 Å². The SMILES string of the molecule is CCCC(=O)OC[C@H](O)CN(Cc1ccccc1)Cc1cccc(F)c1. The zero-order valence-corrected chi connectivity index (χ0v) is 15.1. The minimum absolute atomic E-state index is 0.0345. The molecule has 1 N–H and O–H groups in total. The number of aliphatic hydroxyl groups excluding tert-OH is 1. The lowest BCUT2D eigenvalue weighted by Crippen LogP contribution is -2.34. The molecule has 0 bridgehead atoms. The fraction of sp³-hybridized carbons (Fsp3) is 0.381. The van der Waals surface area contributed by atoms with E-state index in [0.717, 1.165) is 11.1 Å². The third kappa shape index (κ3) is 7.33. The van der Waals surface area contributed by atoms with Gasteiger partial charge in [-0.3, -0.25) is 9.69 Å². The van der Waals surface area contributed by atoms with Gasteiger partial charge in [0.2, 0.25) is 0 Å². The fourth-order valence-electron chi connectivity index (χ4n) is 2.74. The van der Waals surface area contributed by atoms with Gasteiger partial charge < -0.3 is 9.84 Å². The van der Waals surface area contributed by atoms with Crippen LogP contribution in [0.4, 0.5) is 4.39 Å². The lowest BCUT2D eigenvalue weighted by Gasteiger charge is -2.25. The van der Waals surface area contributed by atoms with E-state index >= 15 is 0 Å². The number of aliphatic hydroxyl groups is 1. The smallest absolute Gasteiger partial charge is 0.305 e. The Morgan fingerprint density at radius 3 is 2.50 bits per heavy atom. The van der Waals surface area contributed by atoms with Crippen LogP contribution in [-0.4, -0.2) is 35.2 Å². The van der Waals surface area contributed by atoms with Crippen molar-refractivity contribution in [2.45, 2.75) is 39.0 Å². The van der Waals surface area contributed by atoms with Crippen LogP contribution in [0.5, 0.6) is 0 Å². The predicted molar refractivity (Wildman–Crippen MR) is 98.8 cm³/mol. The Bertz CT molecular complexity index is 678. The number of carbonyl (C=O) groups is 1. The monoisotopic (exact) mass is 359 g/mol. The standard InChI is InChI=1S/C21H26FNO3/c1-2-7-21(25)26-16-20(24)15-23(13-17-8-4-3-5-9-17)14-18-10-6-11-19(22)12-18/h3-6,8-12,20,24H,2,7,13-16H2,1H3/t20-/m1/s1. The second kappa shape index (κ2) is 10.7. The third-order valence-electron chi connectivity index (χ3n) is 3.90. The second-order valence-electron chi connectivity index (χ2n) is 6.37. The van der Waals surface area contributed by atoms with Crippen molar-refractivity contribution in [3.8, 4) is 0 Å². The van der Waals surface area contributed by atoms with Gasteiger partial charge in [0, 0.05) is 26.1 Å². The van der Waals surface area contributed by atoms with E-state index in [9.17, 15) is 14.3 Å². The maximum absolute atomic E-state index is 13.5. The summed E-state index contributed by atoms with van der Waals surface area (Å²) < 4.78 is 18.6. The van der Waals surface area contributed by atoms with Crippen LogP contribution in [0, 0.1) is 5.82 Å². The molecular weight excluding hydrogens is 333 g/mol. The van der Waals surface area contributed by atoms with Gasteiger partial charge >= 0.3 is 5.97 Å². The highest BCUT2D eigenvalue weighted by Crippen LogP contribution is 2.12. The first kappa shape index (κ1) is 20.1. The van der Waals surface area contributed by atoms with Gasteiger partial charge in [-0.15, -0.1) is 0 Å². The minimum Gasteiger partial charge on any atom is -0.463 e. The molecule has 0 fully saturated rings. The van der Waals surface area contributed by atoms with Crippen molar-refractivity contribution in [3.05, 3.63) is 71.5 Å². The molecule has 0 saturated carbocycles. The molecule has 0 saturated heterocycles. The first-order chi connectivity index (χ1) is 12.6. The lowest BCUT2D eigenvalue weighted by molar-refractivity contribution is -0.147. The average Bonchev–Trinajstić information content (AvgIpc) is 2.61. The van der Waals surface area contributed by atoms with Gasteiger partial charge in [0.05, 0.1) is 0 Å². The predicted octanol–water partition coefficient (Wildman–Crippen LogP) is 3.53. The molecule has 0 aliphatic rings. The van der Waals surface area contributed by atoms with Crippen LogP contribution in [0.2, 0.25) is 0 Å². The topological polar surface area (TPSA) is 49.8 Å². The Kier molecular flexibility index (Phi) is 8.25. The Labute approximate surface area is 154 Å². The molecule has 2 rings (SSSR count). The van der Waals surface area contributed by atoms with Crippen LogP contribution in [0.1, 0.15) is 30.9 Å². The summed E-state index contributed by atoms with van der Waals surface area (Å²) in [5, 5.41) is 10.3. The first-order valence-corrected chi connectivity index (χ1v) is 8.91. The molecule has 0 aromatic heterocycles. The Morgan fingerprint density at radius 1 is 1.12 bits per heavy atom. The van der Waals surface area contributed by atoms with E-state index in [2.05, 4.69) is 0 Å². The first-order valence-electron chi connectivity index (χ1n) is 8.91. The number of nitrogens with zero attached hydrogens (tertiary/aromatic N) is 1. The quantitative estimate of drug-likeness (QED) is 0.660. The number of rotatable bonds is 10. The number of carbonyl (C=O) groups excluding carboxylic acids is 1. The van der Waals surface area contributed by atoms with Crippen molar-refractivity contribution in [2.75, 3.05) is 13.2 Å². The third-order valence-corrected chi connectivity index (χ3v) is 3.90. The van der Waals surface area contributed by atoms with Gasteiger partial charge in [0.25, 0.3) is 0 Å². The van der Waals surface area contributed by atoms with Gasteiger partial charge in [-0.05, 0) is 29.7 Å². The van der Waals surface area contributed by atoms with E-state index in [1.54, 1.807) is 6.07 Å². The molecule has 4 nitrogen and oxygen atoms in total. The normalized spacial score (nSPS) is 12.2. The summed E-state index contributed by atoms with van der Waals surface area (Å²) in [6.07, 6.45) is 0.270. The Morgan fingerprint density at radius 2 is 1.81 bits per heavy atom. The molecule has 5 heteroatoms. The number of ether oxygens (including phenoxy) is 1. The zero-order valence-electron chi connectivity index (χ0n) is 15.1. The number of hydrogen-bond donors (Lipinski definition) is 1. The number of halogens is 1.